The number of carbonyl (C=O) groups is 2. The van der Waals surface area contributed by atoms with Crippen molar-refractivity contribution >= 4 is 11.8 Å². The number of aryl methyl sites for hydroxylation is 2. The van der Waals surface area contributed by atoms with Crippen molar-refractivity contribution in [2.24, 2.45) is 0 Å². The summed E-state index contributed by atoms with van der Waals surface area (Å²) in [5, 5.41) is 3.19. The quantitative estimate of drug-likeness (QED) is 0.546. The van der Waals surface area contributed by atoms with Crippen LogP contribution in [0.15, 0.2) is 42.5 Å². The zero-order chi connectivity index (χ0) is 24.5. The zero-order valence-corrected chi connectivity index (χ0v) is 20.9. The van der Waals surface area contributed by atoms with Gasteiger partial charge in [-0.3, -0.25) is 9.59 Å². The lowest BCUT2D eigenvalue weighted by Gasteiger charge is -2.31. The summed E-state index contributed by atoms with van der Waals surface area (Å²) in [6, 6.07) is 13.5. The van der Waals surface area contributed by atoms with Crippen LogP contribution in [0.5, 0.6) is 11.5 Å². The average molecular weight is 467 g/mol. The third-order valence-corrected chi connectivity index (χ3v) is 6.63. The van der Waals surface area contributed by atoms with Crippen LogP contribution in [0.2, 0.25) is 0 Å². The molecule has 0 aliphatic heterocycles. The van der Waals surface area contributed by atoms with Gasteiger partial charge in [0.05, 0.1) is 14.2 Å². The SMILES string of the molecule is COc1ccc(CCC(=O)N(Cc2cccc(C)c2)[C@H](C)C(=O)NC2CCCCC2)cc1OC. The van der Waals surface area contributed by atoms with Gasteiger partial charge in [0.1, 0.15) is 6.04 Å². The Morgan fingerprint density at radius 2 is 1.74 bits per heavy atom. The molecule has 184 valence electrons. The standard InChI is InChI=1S/C28H38N2O4/c1-20-9-8-10-23(17-20)19-30(21(2)28(32)29-24-11-6-5-7-12-24)27(31)16-14-22-13-15-25(33-3)26(18-22)34-4/h8-10,13,15,17-18,21,24H,5-7,11-12,14,16,19H2,1-4H3,(H,29,32)/t21-/m1/s1. The average Bonchev–Trinajstić information content (AvgIpc) is 2.85. The molecule has 6 nitrogen and oxygen atoms in total. The molecule has 2 aromatic rings. The minimum atomic E-state index is -0.541. The summed E-state index contributed by atoms with van der Waals surface area (Å²) in [6.07, 6.45) is 6.43. The summed E-state index contributed by atoms with van der Waals surface area (Å²) < 4.78 is 10.7. The summed E-state index contributed by atoms with van der Waals surface area (Å²) in [5.41, 5.74) is 3.15. The van der Waals surface area contributed by atoms with Crippen molar-refractivity contribution in [3.63, 3.8) is 0 Å². The van der Waals surface area contributed by atoms with Crippen LogP contribution in [0.25, 0.3) is 0 Å². The van der Waals surface area contributed by atoms with E-state index >= 15 is 0 Å². The van der Waals surface area contributed by atoms with Crippen LogP contribution in [-0.4, -0.2) is 43.0 Å². The number of ether oxygens (including phenoxy) is 2. The first-order chi connectivity index (χ1) is 16.4. The first kappa shape index (κ1) is 25.6. The number of rotatable bonds is 10. The van der Waals surface area contributed by atoms with Crippen molar-refractivity contribution < 1.29 is 19.1 Å². The molecule has 0 saturated heterocycles. The smallest absolute Gasteiger partial charge is 0.242 e. The fourth-order valence-electron chi connectivity index (χ4n) is 4.59. The highest BCUT2D eigenvalue weighted by Gasteiger charge is 2.28. The maximum absolute atomic E-state index is 13.4. The summed E-state index contributed by atoms with van der Waals surface area (Å²) in [4.78, 5) is 28.2. The minimum Gasteiger partial charge on any atom is -0.493 e. The molecule has 6 heteroatoms. The maximum Gasteiger partial charge on any atom is 0.242 e. The van der Waals surface area contributed by atoms with Gasteiger partial charge in [0, 0.05) is 19.0 Å². The summed E-state index contributed by atoms with van der Waals surface area (Å²) in [5.74, 6) is 1.19. The van der Waals surface area contributed by atoms with Crippen LogP contribution in [0.4, 0.5) is 0 Å². The van der Waals surface area contributed by atoms with Crippen molar-refractivity contribution in [3.05, 3.63) is 59.2 Å². The van der Waals surface area contributed by atoms with Crippen LogP contribution in [0.1, 0.15) is 62.1 Å². The second-order valence-electron chi connectivity index (χ2n) is 9.22. The lowest BCUT2D eigenvalue weighted by atomic mass is 9.95. The van der Waals surface area contributed by atoms with E-state index in [0.29, 0.717) is 30.9 Å². The van der Waals surface area contributed by atoms with Crippen molar-refractivity contribution in [2.75, 3.05) is 14.2 Å². The van der Waals surface area contributed by atoms with Gasteiger partial charge in [-0.05, 0) is 56.4 Å². The van der Waals surface area contributed by atoms with Gasteiger partial charge in [0.25, 0.3) is 0 Å². The monoisotopic (exact) mass is 466 g/mol. The Morgan fingerprint density at radius 1 is 1.00 bits per heavy atom. The molecule has 0 spiro atoms. The second-order valence-corrected chi connectivity index (χ2v) is 9.22. The van der Waals surface area contributed by atoms with Crippen LogP contribution in [0.3, 0.4) is 0 Å². The minimum absolute atomic E-state index is 0.0393. The number of nitrogens with one attached hydrogen (secondary N) is 1. The largest absolute Gasteiger partial charge is 0.493 e. The van der Waals surface area contributed by atoms with E-state index < -0.39 is 6.04 Å². The van der Waals surface area contributed by atoms with Gasteiger partial charge in [0.15, 0.2) is 11.5 Å². The number of hydrogen-bond donors (Lipinski definition) is 1. The Hall–Kier alpha value is -3.02. The predicted molar refractivity (Wildman–Crippen MR) is 134 cm³/mol. The van der Waals surface area contributed by atoms with E-state index in [9.17, 15) is 9.59 Å². The molecule has 0 bridgehead atoms. The number of hydrogen-bond acceptors (Lipinski definition) is 4. The van der Waals surface area contributed by atoms with Gasteiger partial charge >= 0.3 is 0 Å². The Kier molecular flexibility index (Phi) is 9.37. The number of carbonyl (C=O) groups excluding carboxylic acids is 2. The van der Waals surface area contributed by atoms with Crippen molar-refractivity contribution in [1.29, 1.82) is 0 Å². The maximum atomic E-state index is 13.4. The molecule has 2 amide bonds. The van der Waals surface area contributed by atoms with Crippen molar-refractivity contribution in [3.8, 4) is 11.5 Å². The first-order valence-corrected chi connectivity index (χ1v) is 12.3. The summed E-state index contributed by atoms with van der Waals surface area (Å²) >= 11 is 0. The van der Waals surface area contributed by atoms with Crippen LogP contribution >= 0.6 is 0 Å². The van der Waals surface area contributed by atoms with Gasteiger partial charge in [-0.25, -0.2) is 0 Å². The van der Waals surface area contributed by atoms with E-state index in [1.165, 1.54) is 6.42 Å². The highest BCUT2D eigenvalue weighted by Crippen LogP contribution is 2.28. The topological polar surface area (TPSA) is 67.9 Å². The number of benzene rings is 2. The third-order valence-electron chi connectivity index (χ3n) is 6.63. The van der Waals surface area contributed by atoms with E-state index in [-0.39, 0.29) is 17.9 Å². The molecule has 34 heavy (non-hydrogen) atoms. The lowest BCUT2D eigenvalue weighted by molar-refractivity contribution is -0.141. The third kappa shape index (κ3) is 6.99. The molecular formula is C28H38N2O4. The molecule has 0 radical (unpaired) electrons. The summed E-state index contributed by atoms with van der Waals surface area (Å²) in [7, 11) is 3.20. The van der Waals surface area contributed by atoms with E-state index in [0.717, 1.165) is 42.4 Å². The number of amides is 2. The Morgan fingerprint density at radius 3 is 2.41 bits per heavy atom. The molecule has 0 heterocycles. The highest BCUT2D eigenvalue weighted by atomic mass is 16.5. The van der Waals surface area contributed by atoms with E-state index in [4.69, 9.17) is 9.47 Å². The molecule has 1 aliphatic carbocycles. The van der Waals surface area contributed by atoms with E-state index in [1.807, 2.05) is 50.2 Å². The molecule has 0 aromatic heterocycles. The highest BCUT2D eigenvalue weighted by molar-refractivity contribution is 5.87. The van der Waals surface area contributed by atoms with E-state index in [2.05, 4.69) is 11.4 Å². The zero-order valence-electron chi connectivity index (χ0n) is 20.9. The fourth-order valence-corrected chi connectivity index (χ4v) is 4.59. The molecular weight excluding hydrogens is 428 g/mol. The Bertz CT molecular complexity index is 969. The van der Waals surface area contributed by atoms with Gasteiger partial charge in [-0.15, -0.1) is 0 Å². The van der Waals surface area contributed by atoms with Crippen LogP contribution < -0.4 is 14.8 Å². The Labute approximate surface area is 203 Å². The molecule has 1 aliphatic rings. The molecule has 1 saturated carbocycles. The molecule has 2 aromatic carbocycles. The molecule has 3 rings (SSSR count). The second kappa shape index (κ2) is 12.4. The van der Waals surface area contributed by atoms with Crippen molar-refractivity contribution in [1.82, 2.24) is 10.2 Å². The lowest BCUT2D eigenvalue weighted by Crippen LogP contribution is -2.50. The molecule has 0 unspecified atom stereocenters. The van der Waals surface area contributed by atoms with Crippen molar-refractivity contribution in [2.45, 2.75) is 77.4 Å². The molecule has 1 atom stereocenters. The van der Waals surface area contributed by atoms with Crippen LogP contribution in [-0.2, 0) is 22.6 Å². The first-order valence-electron chi connectivity index (χ1n) is 12.3. The predicted octanol–water partition coefficient (Wildman–Crippen LogP) is 4.81. The fraction of sp³-hybridized carbons (Fsp3) is 0.500. The van der Waals surface area contributed by atoms with Gasteiger partial charge in [-0.2, -0.15) is 0 Å². The van der Waals surface area contributed by atoms with Gasteiger partial charge in [0.2, 0.25) is 11.8 Å². The normalized spacial score (nSPS) is 14.8. The molecule has 1 N–H and O–H groups in total. The molecule has 1 fully saturated rings. The summed E-state index contributed by atoms with van der Waals surface area (Å²) in [6.45, 7) is 4.28. The van der Waals surface area contributed by atoms with Gasteiger partial charge in [-0.1, -0.05) is 55.2 Å². The van der Waals surface area contributed by atoms with Gasteiger partial charge < -0.3 is 19.7 Å². The number of methoxy groups -OCH3 is 2. The van der Waals surface area contributed by atoms with Crippen LogP contribution in [0, 0.1) is 6.92 Å². The Balaban J connectivity index is 1.72. The van der Waals surface area contributed by atoms with E-state index in [1.54, 1.807) is 19.1 Å². The number of nitrogens with zero attached hydrogens (tertiary/aromatic N) is 1.